The standard InChI is InChI=1S/C24H28N2O/c1-3-19-8-4-5-9-21(19)18-26-17-7-16-25-15-6-10-23(25)24(26)20-11-13-22(27-2)14-12-20/h4-6,8-15,24H,3,7,16-18H2,1-2H3/t24-/m1/s1. The number of hydrogen-bond donors (Lipinski definition) is 0. The minimum atomic E-state index is 0.262. The number of ether oxygens (including phenoxy) is 1. The minimum Gasteiger partial charge on any atom is -0.497 e. The quantitative estimate of drug-likeness (QED) is 0.633. The normalized spacial score (nSPS) is 17.3. The van der Waals surface area contributed by atoms with Crippen molar-refractivity contribution in [3.8, 4) is 5.75 Å². The van der Waals surface area contributed by atoms with E-state index in [1.807, 2.05) is 0 Å². The fraction of sp³-hybridized carbons (Fsp3) is 0.333. The Hall–Kier alpha value is -2.52. The number of aryl methyl sites for hydroxylation is 2. The molecule has 0 saturated heterocycles. The van der Waals surface area contributed by atoms with Crippen molar-refractivity contribution in [1.29, 1.82) is 0 Å². The van der Waals surface area contributed by atoms with Gasteiger partial charge in [-0.1, -0.05) is 43.3 Å². The second-order valence-electron chi connectivity index (χ2n) is 7.25. The molecule has 3 aromatic rings. The third-order valence-electron chi connectivity index (χ3n) is 5.66. The Bertz CT molecular complexity index is 881. The zero-order valence-electron chi connectivity index (χ0n) is 16.3. The predicted molar refractivity (Wildman–Crippen MR) is 110 cm³/mol. The van der Waals surface area contributed by atoms with E-state index in [2.05, 4.69) is 83.3 Å². The van der Waals surface area contributed by atoms with Gasteiger partial charge in [-0.15, -0.1) is 0 Å². The van der Waals surface area contributed by atoms with Crippen LogP contribution in [0.5, 0.6) is 5.75 Å². The molecule has 140 valence electrons. The molecule has 0 saturated carbocycles. The molecular weight excluding hydrogens is 332 g/mol. The van der Waals surface area contributed by atoms with Crippen LogP contribution < -0.4 is 4.74 Å². The molecule has 4 rings (SSSR count). The monoisotopic (exact) mass is 360 g/mol. The molecule has 1 atom stereocenters. The van der Waals surface area contributed by atoms with Gasteiger partial charge in [-0.05, 0) is 53.8 Å². The number of aromatic nitrogens is 1. The Kier molecular flexibility index (Phi) is 5.30. The van der Waals surface area contributed by atoms with Crippen LogP contribution in [0.4, 0.5) is 0 Å². The number of methoxy groups -OCH3 is 1. The van der Waals surface area contributed by atoms with Gasteiger partial charge >= 0.3 is 0 Å². The van der Waals surface area contributed by atoms with Gasteiger partial charge in [0.2, 0.25) is 0 Å². The number of benzene rings is 2. The summed E-state index contributed by atoms with van der Waals surface area (Å²) in [7, 11) is 1.72. The lowest BCUT2D eigenvalue weighted by atomic mass is 9.99. The van der Waals surface area contributed by atoms with E-state index < -0.39 is 0 Å². The molecule has 0 amide bonds. The van der Waals surface area contributed by atoms with Crippen molar-refractivity contribution in [1.82, 2.24) is 9.47 Å². The summed E-state index contributed by atoms with van der Waals surface area (Å²) in [5, 5.41) is 0. The van der Waals surface area contributed by atoms with Gasteiger partial charge in [-0.2, -0.15) is 0 Å². The van der Waals surface area contributed by atoms with E-state index in [-0.39, 0.29) is 6.04 Å². The van der Waals surface area contributed by atoms with E-state index in [0.29, 0.717) is 0 Å². The molecule has 2 aromatic carbocycles. The molecule has 27 heavy (non-hydrogen) atoms. The fourth-order valence-electron chi connectivity index (χ4n) is 4.25. The van der Waals surface area contributed by atoms with Crippen LogP contribution >= 0.6 is 0 Å². The molecule has 0 unspecified atom stereocenters. The van der Waals surface area contributed by atoms with Gasteiger partial charge in [-0.3, -0.25) is 4.90 Å². The molecule has 3 heteroatoms. The van der Waals surface area contributed by atoms with E-state index in [9.17, 15) is 0 Å². The summed E-state index contributed by atoms with van der Waals surface area (Å²) in [5.41, 5.74) is 5.60. The number of fused-ring (bicyclic) bond motifs is 1. The first-order valence-electron chi connectivity index (χ1n) is 9.90. The van der Waals surface area contributed by atoms with Crippen molar-refractivity contribution >= 4 is 0 Å². The number of hydrogen-bond acceptors (Lipinski definition) is 2. The smallest absolute Gasteiger partial charge is 0.118 e. The molecule has 0 fully saturated rings. The lowest BCUT2D eigenvalue weighted by Gasteiger charge is -2.31. The maximum atomic E-state index is 5.37. The van der Waals surface area contributed by atoms with Crippen molar-refractivity contribution in [2.24, 2.45) is 0 Å². The first-order chi connectivity index (χ1) is 13.3. The van der Waals surface area contributed by atoms with Crippen molar-refractivity contribution < 1.29 is 4.74 Å². The molecule has 0 radical (unpaired) electrons. The van der Waals surface area contributed by atoms with Gasteiger partial charge in [0.05, 0.1) is 13.2 Å². The summed E-state index contributed by atoms with van der Waals surface area (Å²) in [6, 6.07) is 22.2. The van der Waals surface area contributed by atoms with Crippen molar-refractivity contribution in [3.05, 3.63) is 89.2 Å². The zero-order valence-corrected chi connectivity index (χ0v) is 16.3. The van der Waals surface area contributed by atoms with E-state index in [1.54, 1.807) is 7.11 Å². The summed E-state index contributed by atoms with van der Waals surface area (Å²) >= 11 is 0. The first kappa shape index (κ1) is 17.9. The maximum Gasteiger partial charge on any atom is 0.118 e. The Morgan fingerprint density at radius 3 is 2.44 bits per heavy atom. The third kappa shape index (κ3) is 3.65. The van der Waals surface area contributed by atoms with E-state index >= 15 is 0 Å². The lowest BCUT2D eigenvalue weighted by Crippen LogP contribution is -2.29. The Labute approximate surface area is 162 Å². The Morgan fingerprint density at radius 2 is 1.70 bits per heavy atom. The SMILES string of the molecule is CCc1ccccc1CN1CCCn2cccc2[C@H]1c1ccc(OC)cc1. The van der Waals surface area contributed by atoms with Gasteiger partial charge < -0.3 is 9.30 Å². The Balaban J connectivity index is 1.73. The van der Waals surface area contributed by atoms with E-state index in [0.717, 1.165) is 31.8 Å². The van der Waals surface area contributed by atoms with E-state index in [1.165, 1.54) is 28.8 Å². The maximum absolute atomic E-state index is 5.37. The van der Waals surface area contributed by atoms with Crippen LogP contribution in [0.15, 0.2) is 66.9 Å². The Morgan fingerprint density at radius 1 is 0.926 bits per heavy atom. The van der Waals surface area contributed by atoms with Crippen molar-refractivity contribution in [3.63, 3.8) is 0 Å². The average molecular weight is 361 g/mol. The van der Waals surface area contributed by atoms with Crippen molar-refractivity contribution in [2.45, 2.75) is 38.9 Å². The van der Waals surface area contributed by atoms with Crippen LogP contribution in [0.1, 0.15) is 41.8 Å². The molecule has 0 spiro atoms. The largest absolute Gasteiger partial charge is 0.497 e. The van der Waals surface area contributed by atoms with E-state index in [4.69, 9.17) is 4.74 Å². The highest BCUT2D eigenvalue weighted by molar-refractivity contribution is 5.35. The molecule has 0 bridgehead atoms. The fourth-order valence-corrected chi connectivity index (χ4v) is 4.25. The second kappa shape index (κ2) is 8.01. The van der Waals surface area contributed by atoms with Crippen LogP contribution in [-0.4, -0.2) is 23.1 Å². The van der Waals surface area contributed by atoms with Crippen molar-refractivity contribution in [2.75, 3.05) is 13.7 Å². The van der Waals surface area contributed by atoms with Crippen LogP contribution in [0, 0.1) is 0 Å². The summed E-state index contributed by atoms with van der Waals surface area (Å²) in [6.45, 7) is 5.40. The van der Waals surface area contributed by atoms with Gasteiger partial charge in [0, 0.05) is 31.5 Å². The summed E-state index contributed by atoms with van der Waals surface area (Å²) < 4.78 is 7.79. The van der Waals surface area contributed by atoms with Crippen LogP contribution in [-0.2, 0) is 19.5 Å². The van der Waals surface area contributed by atoms with Crippen LogP contribution in [0.25, 0.3) is 0 Å². The second-order valence-corrected chi connectivity index (χ2v) is 7.25. The topological polar surface area (TPSA) is 17.4 Å². The third-order valence-corrected chi connectivity index (χ3v) is 5.66. The molecule has 1 aliphatic rings. The molecule has 0 N–H and O–H groups in total. The molecule has 1 aliphatic heterocycles. The highest BCUT2D eigenvalue weighted by Gasteiger charge is 2.27. The number of nitrogens with zero attached hydrogens (tertiary/aromatic N) is 2. The molecule has 2 heterocycles. The van der Waals surface area contributed by atoms with Gasteiger partial charge in [-0.25, -0.2) is 0 Å². The average Bonchev–Trinajstić information content (AvgIpc) is 3.10. The predicted octanol–water partition coefficient (Wildman–Crippen LogP) is 5.05. The summed E-state index contributed by atoms with van der Waals surface area (Å²) in [4.78, 5) is 2.63. The van der Waals surface area contributed by atoms with Crippen LogP contribution in [0.2, 0.25) is 0 Å². The molecule has 3 nitrogen and oxygen atoms in total. The molecule has 0 aliphatic carbocycles. The number of rotatable bonds is 5. The highest BCUT2D eigenvalue weighted by atomic mass is 16.5. The minimum absolute atomic E-state index is 0.262. The van der Waals surface area contributed by atoms with Gasteiger partial charge in [0.1, 0.15) is 5.75 Å². The summed E-state index contributed by atoms with van der Waals surface area (Å²) in [5.74, 6) is 0.908. The van der Waals surface area contributed by atoms with Crippen LogP contribution in [0.3, 0.4) is 0 Å². The lowest BCUT2D eigenvalue weighted by molar-refractivity contribution is 0.219. The molecular formula is C24H28N2O. The summed E-state index contributed by atoms with van der Waals surface area (Å²) in [6.07, 6.45) is 4.46. The first-order valence-corrected chi connectivity index (χ1v) is 9.90. The highest BCUT2D eigenvalue weighted by Crippen LogP contribution is 2.34. The van der Waals surface area contributed by atoms with Gasteiger partial charge in [0.15, 0.2) is 0 Å². The van der Waals surface area contributed by atoms with Gasteiger partial charge in [0.25, 0.3) is 0 Å². The zero-order chi connectivity index (χ0) is 18.6. The molecule has 1 aromatic heterocycles.